The van der Waals surface area contributed by atoms with Gasteiger partial charge in [-0.1, -0.05) is 185 Å². The molecule has 4 heteroatoms. The van der Waals surface area contributed by atoms with Crippen molar-refractivity contribution in [3.63, 3.8) is 0 Å². The van der Waals surface area contributed by atoms with E-state index < -0.39 is 0 Å². The van der Waals surface area contributed by atoms with E-state index in [4.69, 9.17) is 0 Å². The van der Waals surface area contributed by atoms with E-state index in [9.17, 15) is 0 Å². The van der Waals surface area contributed by atoms with E-state index in [2.05, 4.69) is 183 Å². The highest BCUT2D eigenvalue weighted by Gasteiger charge is 2.40. The number of rotatable bonds is 6. The number of fused-ring (bicyclic) bond motifs is 8. The first-order chi connectivity index (χ1) is 34.1. The molecule has 0 bridgehead atoms. The third-order valence-electron chi connectivity index (χ3n) is 15.9. The molecule has 14 rings (SSSR count). The molecule has 0 spiro atoms. The number of hydrogen-bond donors (Lipinski definition) is 0. The summed E-state index contributed by atoms with van der Waals surface area (Å²) >= 11 is 0. The fourth-order valence-corrected chi connectivity index (χ4v) is 12.5. The van der Waals surface area contributed by atoms with Crippen LogP contribution in [0.4, 0.5) is 42.9 Å². The van der Waals surface area contributed by atoms with Gasteiger partial charge in [-0.2, -0.15) is 0 Å². The van der Waals surface area contributed by atoms with Gasteiger partial charge in [-0.05, 0) is 125 Å². The predicted octanol–water partition coefficient (Wildman–Crippen LogP) is 18.7. The van der Waals surface area contributed by atoms with Crippen molar-refractivity contribution in [2.75, 3.05) is 9.80 Å². The molecule has 0 saturated heterocycles. The molecule has 0 saturated carbocycles. The van der Waals surface area contributed by atoms with Gasteiger partial charge >= 0.3 is 0 Å². The van der Waals surface area contributed by atoms with Crippen molar-refractivity contribution in [3.8, 4) is 22.3 Å². The van der Waals surface area contributed by atoms with Gasteiger partial charge in [-0.25, -0.2) is 8.78 Å². The molecule has 2 nitrogen and oxygen atoms in total. The van der Waals surface area contributed by atoms with E-state index in [0.29, 0.717) is 11.4 Å². The number of nitrogens with zero attached hydrogens (tertiary/aromatic N) is 2. The Morgan fingerprint density at radius 1 is 0.300 bits per heavy atom. The van der Waals surface area contributed by atoms with Crippen molar-refractivity contribution in [2.24, 2.45) is 0 Å². The van der Waals surface area contributed by atoms with Gasteiger partial charge in [0.15, 0.2) is 0 Å². The summed E-state index contributed by atoms with van der Waals surface area (Å²) in [5, 5.41) is 9.86. The zero-order valence-corrected chi connectivity index (χ0v) is 39.3. The van der Waals surface area contributed by atoms with E-state index in [-0.39, 0.29) is 22.5 Å². The zero-order valence-electron chi connectivity index (χ0n) is 39.3. The van der Waals surface area contributed by atoms with Crippen LogP contribution in [-0.2, 0) is 10.8 Å². The molecule has 0 N–H and O–H groups in total. The summed E-state index contributed by atoms with van der Waals surface area (Å²) in [6.07, 6.45) is 0. The number of hydrogen-bond acceptors (Lipinski definition) is 2. The van der Waals surface area contributed by atoms with Gasteiger partial charge in [-0.15, -0.1) is 0 Å². The van der Waals surface area contributed by atoms with Crippen molar-refractivity contribution in [1.29, 1.82) is 0 Å². The van der Waals surface area contributed by atoms with Crippen LogP contribution in [0.2, 0.25) is 0 Å². The van der Waals surface area contributed by atoms with E-state index in [0.717, 1.165) is 98.9 Å². The van der Waals surface area contributed by atoms with Crippen molar-refractivity contribution in [3.05, 3.63) is 240 Å². The Morgan fingerprint density at radius 2 is 0.657 bits per heavy atom. The van der Waals surface area contributed by atoms with Crippen LogP contribution in [0.3, 0.4) is 0 Å². The lowest BCUT2D eigenvalue weighted by Crippen LogP contribution is -2.17. The predicted molar refractivity (Wildman–Crippen MR) is 290 cm³/mol. The van der Waals surface area contributed by atoms with E-state index in [1.807, 2.05) is 48.5 Å². The summed E-state index contributed by atoms with van der Waals surface area (Å²) < 4.78 is 34.6. The average Bonchev–Trinajstić information content (AvgIpc) is 3.77. The SMILES string of the molecule is CC1(C)c2ccccc2-c2c(N(c3cc4ccccc4cc3F)c3ccc4ccc5c(N(c6cc7ccccc7cc6F)c6cccc7c6-c6ccccc6C7(C)C)ccc6ccc3c4c65)cccc21. The Bertz CT molecular complexity index is 3910. The lowest BCUT2D eigenvalue weighted by Gasteiger charge is -2.32. The lowest BCUT2D eigenvalue weighted by molar-refractivity contribution is 0.630. The zero-order chi connectivity index (χ0) is 47.2. The van der Waals surface area contributed by atoms with Crippen molar-refractivity contribution >= 4 is 88.0 Å². The third-order valence-corrected chi connectivity index (χ3v) is 15.9. The van der Waals surface area contributed by atoms with Crippen LogP contribution in [0.25, 0.3) is 76.1 Å². The maximum absolute atomic E-state index is 17.3. The van der Waals surface area contributed by atoms with Gasteiger partial charge in [0, 0.05) is 32.7 Å². The van der Waals surface area contributed by atoms with E-state index in [1.165, 1.54) is 22.3 Å². The van der Waals surface area contributed by atoms with Gasteiger partial charge in [0.2, 0.25) is 0 Å². The summed E-state index contributed by atoms with van der Waals surface area (Å²) in [7, 11) is 0. The van der Waals surface area contributed by atoms with Crippen molar-refractivity contribution in [1.82, 2.24) is 0 Å². The smallest absolute Gasteiger partial charge is 0.147 e. The van der Waals surface area contributed by atoms with Crippen LogP contribution in [0.1, 0.15) is 49.9 Å². The number of halogens is 2. The second kappa shape index (κ2) is 14.6. The summed E-state index contributed by atoms with van der Waals surface area (Å²) in [5.74, 6) is -0.606. The molecule has 2 aliphatic rings. The maximum atomic E-state index is 17.3. The number of anilines is 6. The molecular weight excluding hydrogens is 859 g/mol. The van der Waals surface area contributed by atoms with Gasteiger partial charge in [-0.3, -0.25) is 0 Å². The summed E-state index contributed by atoms with van der Waals surface area (Å²) in [6, 6.07) is 71.1. The highest BCUT2D eigenvalue weighted by atomic mass is 19.1. The molecule has 334 valence electrons. The topological polar surface area (TPSA) is 6.48 Å². The molecule has 0 fully saturated rings. The normalized spacial score (nSPS) is 14.1. The largest absolute Gasteiger partial charge is 0.306 e. The van der Waals surface area contributed by atoms with Gasteiger partial charge < -0.3 is 9.80 Å². The molecule has 70 heavy (non-hydrogen) atoms. The third kappa shape index (κ3) is 5.59. The molecule has 0 amide bonds. The molecule has 0 unspecified atom stereocenters. The van der Waals surface area contributed by atoms with Crippen molar-refractivity contribution in [2.45, 2.75) is 38.5 Å². The minimum Gasteiger partial charge on any atom is -0.306 e. The van der Waals surface area contributed by atoms with Crippen LogP contribution in [-0.4, -0.2) is 0 Å². The Kier molecular flexibility index (Phi) is 8.48. The van der Waals surface area contributed by atoms with Gasteiger partial charge in [0.1, 0.15) is 11.6 Å². The molecule has 12 aromatic rings. The standard InChI is InChI=1S/C66H46F2N2/c1-65(2)49-21-11-9-19-45(49)63-51(65)23-13-25-57(63)69(59-37-43-17-7-5-15-41(43)35-53(59)67)55-33-29-39-28-32-48-56(34-30-40-27-31-47(55)61(39)62(40)48)70(60-38-44-18-8-6-16-42(44)36-54(60)68)58-26-14-24-52-64(58)46-20-10-12-22-50(46)66(52,3)4/h5-38H,1-4H3. The van der Waals surface area contributed by atoms with Crippen LogP contribution in [0.5, 0.6) is 0 Å². The number of benzene rings is 12. The van der Waals surface area contributed by atoms with Crippen LogP contribution in [0, 0.1) is 11.6 Å². The Balaban J connectivity index is 1.06. The van der Waals surface area contributed by atoms with Gasteiger partial charge in [0.25, 0.3) is 0 Å². The fourth-order valence-electron chi connectivity index (χ4n) is 12.5. The first kappa shape index (κ1) is 40.7. The molecule has 2 aliphatic carbocycles. The van der Waals surface area contributed by atoms with E-state index in [1.54, 1.807) is 12.1 Å². The molecule has 0 aliphatic heterocycles. The second-order valence-corrected chi connectivity index (χ2v) is 20.3. The lowest BCUT2D eigenvalue weighted by atomic mass is 9.82. The fraction of sp³-hybridized carbons (Fsp3) is 0.0909. The second-order valence-electron chi connectivity index (χ2n) is 20.3. The monoisotopic (exact) mass is 904 g/mol. The first-order valence-corrected chi connectivity index (χ1v) is 24.2. The van der Waals surface area contributed by atoms with Crippen LogP contribution >= 0.6 is 0 Å². The van der Waals surface area contributed by atoms with E-state index >= 15 is 8.78 Å². The van der Waals surface area contributed by atoms with Crippen molar-refractivity contribution < 1.29 is 8.78 Å². The molecule has 0 aromatic heterocycles. The minimum atomic E-state index is -0.303. The average molecular weight is 905 g/mol. The van der Waals surface area contributed by atoms with Gasteiger partial charge in [0.05, 0.1) is 34.1 Å². The van der Waals surface area contributed by atoms with Crippen LogP contribution in [0.15, 0.2) is 206 Å². The van der Waals surface area contributed by atoms with Crippen LogP contribution < -0.4 is 9.80 Å². The molecule has 0 heterocycles. The Morgan fingerprint density at radius 3 is 1.09 bits per heavy atom. The summed E-state index contributed by atoms with van der Waals surface area (Å²) in [6.45, 7) is 9.14. The maximum Gasteiger partial charge on any atom is 0.147 e. The summed E-state index contributed by atoms with van der Waals surface area (Å²) in [5.41, 5.74) is 13.5. The minimum absolute atomic E-state index is 0.262. The molecule has 0 atom stereocenters. The molecule has 12 aromatic carbocycles. The quantitative estimate of drug-likeness (QED) is 0.153. The Labute approximate surface area is 405 Å². The summed E-state index contributed by atoms with van der Waals surface area (Å²) in [4.78, 5) is 4.32. The molecule has 0 radical (unpaired) electrons. The molecular formula is C66H46F2N2. The highest BCUT2D eigenvalue weighted by molar-refractivity contribution is 6.28. The highest BCUT2D eigenvalue weighted by Crippen LogP contribution is 2.58. The Hall–Kier alpha value is -8.34. The first-order valence-electron chi connectivity index (χ1n) is 24.2.